The Hall–Kier alpha value is -0.290. The minimum atomic E-state index is -0.499. The van der Waals surface area contributed by atoms with Crippen LogP contribution in [-0.2, 0) is 4.74 Å². The van der Waals surface area contributed by atoms with E-state index < -0.39 is 6.10 Å². The Bertz CT molecular complexity index is 153. The first-order valence-corrected chi connectivity index (χ1v) is 4.52. The van der Waals surface area contributed by atoms with Gasteiger partial charge in [-0.25, -0.2) is 4.79 Å². The summed E-state index contributed by atoms with van der Waals surface area (Å²) < 4.78 is 4.67. The summed E-state index contributed by atoms with van der Waals surface area (Å²) in [5.74, 6) is 0. The number of carbonyl (C=O) groups is 1. The summed E-state index contributed by atoms with van der Waals surface area (Å²) in [6.45, 7) is 1.38. The predicted octanol–water partition coefficient (Wildman–Crippen LogP) is 0.194. The molecule has 1 aliphatic heterocycles. The first kappa shape index (κ1) is 8.80. The third kappa shape index (κ3) is 2.34. The van der Waals surface area contributed by atoms with Crippen molar-refractivity contribution in [3.05, 3.63) is 0 Å². The van der Waals surface area contributed by atoms with Crippen molar-refractivity contribution in [3.8, 4) is 0 Å². The Morgan fingerprint density at radius 1 is 1.82 bits per heavy atom. The number of cyclic esters (lactones) is 1. The lowest BCUT2D eigenvalue weighted by atomic mass is 10.4. The van der Waals surface area contributed by atoms with Crippen molar-refractivity contribution in [3.63, 3.8) is 0 Å². The maximum Gasteiger partial charge on any atom is 0.410 e. The fourth-order valence-electron chi connectivity index (χ4n) is 0.895. The molecule has 4 nitrogen and oxygen atoms in total. The SMILES string of the molecule is O=C1OCCN1CC(O)CBr. The lowest BCUT2D eigenvalue weighted by Crippen LogP contribution is -2.33. The Labute approximate surface area is 73.3 Å². The number of aliphatic hydroxyl groups excluding tert-OH is 1. The lowest BCUT2D eigenvalue weighted by Gasteiger charge is -2.15. The van der Waals surface area contributed by atoms with E-state index in [1.54, 1.807) is 0 Å². The molecule has 1 rings (SSSR count). The maximum atomic E-state index is 10.8. The van der Waals surface area contributed by atoms with Crippen molar-refractivity contribution in [2.45, 2.75) is 6.10 Å². The van der Waals surface area contributed by atoms with E-state index in [9.17, 15) is 4.79 Å². The van der Waals surface area contributed by atoms with Crippen molar-refractivity contribution in [1.29, 1.82) is 0 Å². The van der Waals surface area contributed by atoms with Crippen molar-refractivity contribution >= 4 is 22.0 Å². The molecule has 1 N–H and O–H groups in total. The molecular weight excluding hydrogens is 214 g/mol. The van der Waals surface area contributed by atoms with Crippen LogP contribution in [0, 0.1) is 0 Å². The summed E-state index contributed by atoms with van der Waals surface area (Å²) in [6, 6.07) is 0. The van der Waals surface area contributed by atoms with Crippen LogP contribution in [0.2, 0.25) is 0 Å². The van der Waals surface area contributed by atoms with Gasteiger partial charge in [0.2, 0.25) is 0 Å². The average molecular weight is 224 g/mol. The molecule has 1 fully saturated rings. The first-order chi connectivity index (χ1) is 5.24. The predicted molar refractivity (Wildman–Crippen MR) is 42.7 cm³/mol. The third-order valence-electron chi connectivity index (χ3n) is 1.45. The minimum absolute atomic E-state index is 0.329. The van der Waals surface area contributed by atoms with Gasteiger partial charge in [0.1, 0.15) is 6.61 Å². The molecule has 0 aliphatic carbocycles. The van der Waals surface area contributed by atoms with Gasteiger partial charge in [0.05, 0.1) is 19.2 Å². The van der Waals surface area contributed by atoms with Crippen LogP contribution in [0.3, 0.4) is 0 Å². The molecule has 1 heterocycles. The van der Waals surface area contributed by atoms with Gasteiger partial charge in [-0.2, -0.15) is 0 Å². The van der Waals surface area contributed by atoms with Crippen LogP contribution in [0.1, 0.15) is 0 Å². The molecule has 1 saturated heterocycles. The van der Waals surface area contributed by atoms with Crippen LogP contribution >= 0.6 is 15.9 Å². The number of hydrogen-bond donors (Lipinski definition) is 1. The molecule has 0 saturated carbocycles. The summed E-state index contributed by atoms with van der Waals surface area (Å²) in [5.41, 5.74) is 0. The largest absolute Gasteiger partial charge is 0.448 e. The highest BCUT2D eigenvalue weighted by Gasteiger charge is 2.23. The molecule has 1 aliphatic rings. The topological polar surface area (TPSA) is 49.8 Å². The number of aliphatic hydroxyl groups is 1. The van der Waals surface area contributed by atoms with E-state index in [1.165, 1.54) is 4.90 Å². The van der Waals surface area contributed by atoms with Crippen molar-refractivity contribution in [2.24, 2.45) is 0 Å². The third-order valence-corrected chi connectivity index (χ3v) is 2.20. The van der Waals surface area contributed by atoms with Crippen molar-refractivity contribution in [2.75, 3.05) is 25.0 Å². The highest BCUT2D eigenvalue weighted by atomic mass is 79.9. The van der Waals surface area contributed by atoms with Gasteiger partial charge >= 0.3 is 6.09 Å². The number of β-amino-alcohol motifs (C(OH)–C–C–N with tert-alkyl or cyclic N) is 1. The highest BCUT2D eigenvalue weighted by Crippen LogP contribution is 2.04. The van der Waals surface area contributed by atoms with E-state index >= 15 is 0 Å². The van der Waals surface area contributed by atoms with Gasteiger partial charge < -0.3 is 14.7 Å². The Morgan fingerprint density at radius 3 is 3.00 bits per heavy atom. The number of alkyl halides is 1. The minimum Gasteiger partial charge on any atom is -0.448 e. The van der Waals surface area contributed by atoms with Gasteiger partial charge in [-0.15, -0.1) is 0 Å². The van der Waals surface area contributed by atoms with E-state index in [2.05, 4.69) is 20.7 Å². The number of nitrogens with zero attached hydrogens (tertiary/aromatic N) is 1. The van der Waals surface area contributed by atoms with Crippen LogP contribution in [0.4, 0.5) is 4.79 Å². The monoisotopic (exact) mass is 223 g/mol. The van der Waals surface area contributed by atoms with Gasteiger partial charge in [-0.1, -0.05) is 15.9 Å². The smallest absolute Gasteiger partial charge is 0.410 e. The number of amides is 1. The molecule has 1 unspecified atom stereocenters. The molecule has 1 atom stereocenters. The van der Waals surface area contributed by atoms with Crippen LogP contribution in [0.5, 0.6) is 0 Å². The van der Waals surface area contributed by atoms with Crippen LogP contribution < -0.4 is 0 Å². The van der Waals surface area contributed by atoms with Gasteiger partial charge in [0.25, 0.3) is 0 Å². The quantitative estimate of drug-likeness (QED) is 0.696. The molecular formula is C6H10BrNO3. The van der Waals surface area contributed by atoms with Crippen LogP contribution in [0.15, 0.2) is 0 Å². The Kier molecular flexibility index (Phi) is 3.14. The second-order valence-corrected chi connectivity index (χ2v) is 3.02. The van der Waals surface area contributed by atoms with Crippen molar-refractivity contribution in [1.82, 2.24) is 4.90 Å². The van der Waals surface area contributed by atoms with E-state index in [0.717, 1.165) is 0 Å². The molecule has 64 valence electrons. The molecule has 0 aromatic heterocycles. The standard InChI is InChI=1S/C6H10BrNO3/c7-3-5(9)4-8-1-2-11-6(8)10/h5,9H,1-4H2. The number of halogens is 1. The van der Waals surface area contributed by atoms with Gasteiger partial charge in [0.15, 0.2) is 0 Å². The second kappa shape index (κ2) is 3.92. The van der Waals surface area contributed by atoms with E-state index in [0.29, 0.717) is 25.0 Å². The van der Waals surface area contributed by atoms with E-state index in [-0.39, 0.29) is 6.09 Å². The van der Waals surface area contributed by atoms with Gasteiger partial charge in [-0.05, 0) is 0 Å². The first-order valence-electron chi connectivity index (χ1n) is 3.39. The van der Waals surface area contributed by atoms with Crippen molar-refractivity contribution < 1.29 is 14.6 Å². The van der Waals surface area contributed by atoms with E-state index in [4.69, 9.17) is 5.11 Å². The maximum absolute atomic E-state index is 10.8. The zero-order valence-corrected chi connectivity index (χ0v) is 7.58. The zero-order valence-electron chi connectivity index (χ0n) is 5.99. The number of carbonyl (C=O) groups excluding carboxylic acids is 1. The molecule has 0 aromatic rings. The summed E-state index contributed by atoms with van der Waals surface area (Å²) in [7, 11) is 0. The highest BCUT2D eigenvalue weighted by molar-refractivity contribution is 9.09. The molecule has 5 heteroatoms. The fraction of sp³-hybridized carbons (Fsp3) is 0.833. The zero-order chi connectivity index (χ0) is 8.27. The summed E-state index contributed by atoms with van der Waals surface area (Å²) in [4.78, 5) is 12.3. The number of rotatable bonds is 3. The van der Waals surface area contributed by atoms with Crippen LogP contribution in [0.25, 0.3) is 0 Å². The second-order valence-electron chi connectivity index (χ2n) is 2.37. The molecule has 0 bridgehead atoms. The molecule has 11 heavy (non-hydrogen) atoms. The molecule has 1 amide bonds. The molecule has 0 aromatic carbocycles. The number of hydrogen-bond acceptors (Lipinski definition) is 3. The summed E-state index contributed by atoms with van der Waals surface area (Å²) in [6.07, 6.45) is -0.828. The lowest BCUT2D eigenvalue weighted by molar-refractivity contribution is 0.129. The fourth-order valence-corrected chi connectivity index (χ4v) is 1.10. The average Bonchev–Trinajstić information content (AvgIpc) is 2.37. The Morgan fingerprint density at radius 2 is 2.55 bits per heavy atom. The van der Waals surface area contributed by atoms with Gasteiger partial charge in [-0.3, -0.25) is 0 Å². The van der Waals surface area contributed by atoms with Gasteiger partial charge in [0, 0.05) is 5.33 Å². The van der Waals surface area contributed by atoms with E-state index in [1.807, 2.05) is 0 Å². The normalized spacial score (nSPS) is 20.2. The summed E-state index contributed by atoms with van der Waals surface area (Å²) in [5, 5.41) is 9.62. The number of ether oxygens (including phenoxy) is 1. The molecule has 0 spiro atoms. The molecule has 0 radical (unpaired) electrons. The Balaban J connectivity index is 2.30. The summed E-state index contributed by atoms with van der Waals surface area (Å²) >= 11 is 3.11. The van der Waals surface area contributed by atoms with Crippen LogP contribution in [-0.4, -0.2) is 47.2 Å².